The summed E-state index contributed by atoms with van der Waals surface area (Å²) >= 11 is 0. The average molecular weight is 407 g/mol. The number of carboxylic acid groups (broad SMARTS) is 1. The lowest BCUT2D eigenvalue weighted by Gasteiger charge is -2.08. The van der Waals surface area contributed by atoms with E-state index in [-0.39, 0.29) is 5.56 Å². The highest BCUT2D eigenvalue weighted by atomic mass is 16.4. The van der Waals surface area contributed by atoms with E-state index in [0.29, 0.717) is 17.9 Å². The van der Waals surface area contributed by atoms with Crippen LogP contribution in [0.25, 0.3) is 11.1 Å². The topological polar surface area (TPSA) is 80.9 Å². The maximum atomic E-state index is 11.5. The molecular formula is C24H30N4O2. The van der Waals surface area contributed by atoms with Gasteiger partial charge in [-0.2, -0.15) is 5.10 Å². The Hall–Kier alpha value is -3.02. The Morgan fingerprint density at radius 2 is 1.93 bits per heavy atom. The fourth-order valence-electron chi connectivity index (χ4n) is 3.36. The van der Waals surface area contributed by atoms with Crippen LogP contribution in [0.3, 0.4) is 0 Å². The fourth-order valence-corrected chi connectivity index (χ4v) is 3.36. The largest absolute Gasteiger partial charge is 0.478 e. The molecule has 158 valence electrons. The monoisotopic (exact) mass is 406 g/mol. The molecule has 0 bridgehead atoms. The molecule has 0 aliphatic carbocycles. The maximum absolute atomic E-state index is 11.5. The number of unbranched alkanes of at least 4 members (excludes halogenated alkanes) is 1. The van der Waals surface area contributed by atoms with Gasteiger partial charge in [0.15, 0.2) is 5.82 Å². The van der Waals surface area contributed by atoms with E-state index in [2.05, 4.69) is 30.4 Å². The molecule has 6 nitrogen and oxygen atoms in total. The molecule has 2 heterocycles. The smallest absolute Gasteiger partial charge is 0.336 e. The Morgan fingerprint density at radius 3 is 2.60 bits per heavy atom. The lowest BCUT2D eigenvalue weighted by Crippen LogP contribution is -2.06. The quantitative estimate of drug-likeness (QED) is 0.511. The minimum atomic E-state index is -0.950. The first-order valence-corrected chi connectivity index (χ1v) is 10.7. The van der Waals surface area contributed by atoms with E-state index in [4.69, 9.17) is 10.1 Å². The van der Waals surface area contributed by atoms with Crippen molar-refractivity contribution in [2.75, 3.05) is 0 Å². The van der Waals surface area contributed by atoms with Gasteiger partial charge in [0, 0.05) is 37.3 Å². The predicted octanol–water partition coefficient (Wildman–Crippen LogP) is 5.02. The number of hydrogen-bond acceptors (Lipinski definition) is 4. The molecule has 1 N–H and O–H groups in total. The van der Waals surface area contributed by atoms with Crippen molar-refractivity contribution in [3.05, 3.63) is 65.5 Å². The zero-order valence-electron chi connectivity index (χ0n) is 18.0. The fraction of sp³-hybridized carbons (Fsp3) is 0.417. The number of carbonyl (C=O) groups is 1. The average Bonchev–Trinajstić information content (AvgIpc) is 3.12. The summed E-state index contributed by atoms with van der Waals surface area (Å²) < 4.78 is 2.05. The summed E-state index contributed by atoms with van der Waals surface area (Å²) in [5.41, 5.74) is 2.85. The number of carboxylic acids is 1. The zero-order chi connectivity index (χ0) is 21.5. The van der Waals surface area contributed by atoms with Crippen molar-refractivity contribution >= 4 is 5.97 Å². The van der Waals surface area contributed by atoms with Crippen LogP contribution in [0.5, 0.6) is 0 Å². The maximum Gasteiger partial charge on any atom is 0.336 e. The third-order valence-electron chi connectivity index (χ3n) is 5.14. The minimum Gasteiger partial charge on any atom is -0.478 e. The summed E-state index contributed by atoms with van der Waals surface area (Å²) in [6.07, 6.45) is 7.99. The van der Waals surface area contributed by atoms with Crippen molar-refractivity contribution in [3.8, 4) is 11.1 Å². The van der Waals surface area contributed by atoms with Crippen molar-refractivity contribution in [3.63, 3.8) is 0 Å². The highest BCUT2D eigenvalue weighted by Gasteiger charge is 2.13. The van der Waals surface area contributed by atoms with Gasteiger partial charge in [0.1, 0.15) is 5.82 Å². The lowest BCUT2D eigenvalue weighted by atomic mass is 10.00. The highest BCUT2D eigenvalue weighted by molar-refractivity contribution is 5.95. The van der Waals surface area contributed by atoms with Gasteiger partial charge in [0.25, 0.3) is 0 Å². The summed E-state index contributed by atoms with van der Waals surface area (Å²) in [6, 6.07) is 9.48. The van der Waals surface area contributed by atoms with Gasteiger partial charge in [-0.1, -0.05) is 51.5 Å². The molecule has 1 aromatic carbocycles. The third kappa shape index (κ3) is 5.53. The van der Waals surface area contributed by atoms with Gasteiger partial charge in [-0.15, -0.1) is 0 Å². The SMILES string of the molecule is CCCCn1nc(CCC(C)C)nc1Cc1ccc(-c2cnccc2C(=O)O)cc1. The van der Waals surface area contributed by atoms with Crippen molar-refractivity contribution in [1.29, 1.82) is 0 Å². The second-order valence-electron chi connectivity index (χ2n) is 8.05. The molecule has 0 unspecified atom stereocenters. The number of benzene rings is 1. The molecule has 0 amide bonds. The van der Waals surface area contributed by atoms with Gasteiger partial charge in [-0.25, -0.2) is 14.5 Å². The van der Waals surface area contributed by atoms with Gasteiger partial charge in [-0.05, 0) is 36.0 Å². The molecule has 0 atom stereocenters. The molecule has 2 aromatic heterocycles. The molecule has 3 rings (SSSR count). The molecule has 0 fully saturated rings. The first kappa shape index (κ1) is 21.7. The van der Waals surface area contributed by atoms with Crippen LogP contribution in [0.15, 0.2) is 42.7 Å². The molecular weight excluding hydrogens is 376 g/mol. The van der Waals surface area contributed by atoms with Crippen LogP contribution >= 0.6 is 0 Å². The van der Waals surface area contributed by atoms with E-state index in [1.807, 2.05) is 24.3 Å². The van der Waals surface area contributed by atoms with E-state index in [0.717, 1.165) is 55.0 Å². The first-order chi connectivity index (χ1) is 14.5. The Balaban J connectivity index is 1.80. The van der Waals surface area contributed by atoms with Crippen molar-refractivity contribution in [1.82, 2.24) is 19.7 Å². The molecule has 30 heavy (non-hydrogen) atoms. The van der Waals surface area contributed by atoms with Gasteiger partial charge < -0.3 is 5.11 Å². The van der Waals surface area contributed by atoms with Crippen molar-refractivity contribution in [2.45, 2.75) is 59.4 Å². The number of aromatic carboxylic acids is 1. The number of pyridine rings is 1. The van der Waals surface area contributed by atoms with Gasteiger partial charge in [-0.3, -0.25) is 4.98 Å². The van der Waals surface area contributed by atoms with Crippen LogP contribution < -0.4 is 0 Å². The normalized spacial score (nSPS) is 11.2. The Bertz CT molecular complexity index is 977. The number of hydrogen-bond donors (Lipinski definition) is 1. The van der Waals surface area contributed by atoms with Crippen LogP contribution in [-0.4, -0.2) is 30.8 Å². The first-order valence-electron chi connectivity index (χ1n) is 10.7. The van der Waals surface area contributed by atoms with Gasteiger partial charge >= 0.3 is 5.97 Å². The summed E-state index contributed by atoms with van der Waals surface area (Å²) in [7, 11) is 0. The third-order valence-corrected chi connectivity index (χ3v) is 5.14. The second kappa shape index (κ2) is 10.1. The van der Waals surface area contributed by atoms with Crippen molar-refractivity contribution in [2.24, 2.45) is 5.92 Å². The lowest BCUT2D eigenvalue weighted by molar-refractivity contribution is 0.0697. The predicted molar refractivity (Wildman–Crippen MR) is 118 cm³/mol. The number of aromatic nitrogens is 4. The Morgan fingerprint density at radius 1 is 1.17 bits per heavy atom. The number of rotatable bonds is 10. The molecule has 0 radical (unpaired) electrons. The minimum absolute atomic E-state index is 0.256. The van der Waals surface area contributed by atoms with Crippen LogP contribution in [0, 0.1) is 5.92 Å². The molecule has 0 spiro atoms. The van der Waals surface area contributed by atoms with E-state index in [9.17, 15) is 9.90 Å². The molecule has 0 saturated heterocycles. The molecule has 3 aromatic rings. The Kier molecular flexibility index (Phi) is 7.33. The Labute approximate surface area is 178 Å². The molecule has 0 aliphatic rings. The highest BCUT2D eigenvalue weighted by Crippen LogP contribution is 2.24. The molecule has 6 heteroatoms. The van der Waals surface area contributed by atoms with Crippen LogP contribution in [0.4, 0.5) is 0 Å². The van der Waals surface area contributed by atoms with Gasteiger partial charge in [0.2, 0.25) is 0 Å². The summed E-state index contributed by atoms with van der Waals surface area (Å²) in [6.45, 7) is 7.50. The summed E-state index contributed by atoms with van der Waals surface area (Å²) in [4.78, 5) is 20.4. The van der Waals surface area contributed by atoms with Crippen LogP contribution in [0.1, 0.15) is 67.6 Å². The van der Waals surface area contributed by atoms with Crippen molar-refractivity contribution < 1.29 is 9.90 Å². The number of aryl methyl sites for hydroxylation is 2. The van der Waals surface area contributed by atoms with E-state index >= 15 is 0 Å². The summed E-state index contributed by atoms with van der Waals surface area (Å²) in [5.74, 6) is 1.59. The van der Waals surface area contributed by atoms with Crippen LogP contribution in [0.2, 0.25) is 0 Å². The van der Waals surface area contributed by atoms with Crippen LogP contribution in [-0.2, 0) is 19.4 Å². The molecule has 0 aliphatic heterocycles. The zero-order valence-corrected chi connectivity index (χ0v) is 18.0. The van der Waals surface area contributed by atoms with E-state index in [1.165, 1.54) is 12.3 Å². The molecule has 0 saturated carbocycles. The second-order valence-corrected chi connectivity index (χ2v) is 8.05. The van der Waals surface area contributed by atoms with E-state index < -0.39 is 5.97 Å². The van der Waals surface area contributed by atoms with E-state index in [1.54, 1.807) is 6.20 Å². The van der Waals surface area contributed by atoms with Gasteiger partial charge in [0.05, 0.1) is 5.56 Å². The number of nitrogens with zero attached hydrogens (tertiary/aromatic N) is 4. The summed E-state index contributed by atoms with van der Waals surface area (Å²) in [5, 5.41) is 14.2. The standard InChI is InChI=1S/C24H30N4O2/c1-4-5-14-28-23(26-22(27-28)11-6-17(2)3)15-18-7-9-19(10-8-18)21-16-25-13-12-20(21)24(29)30/h7-10,12-13,16-17H,4-6,11,14-15H2,1-3H3,(H,29,30).